The Balaban J connectivity index is 1.44. The summed E-state index contributed by atoms with van der Waals surface area (Å²) in [6.07, 6.45) is 7.65. The molecule has 4 rings (SSSR count). The molecule has 0 atom stereocenters. The first kappa shape index (κ1) is 25.5. The number of nitrogens with zero attached hydrogens (tertiary/aromatic N) is 1. The number of carbonyl (C=O) groups is 2. The molecule has 3 aromatic carbocycles. The lowest BCUT2D eigenvalue weighted by Gasteiger charge is -2.22. The van der Waals surface area contributed by atoms with Crippen LogP contribution >= 0.6 is 0 Å². The molecule has 1 aliphatic rings. The van der Waals surface area contributed by atoms with Crippen molar-refractivity contribution in [2.24, 2.45) is 0 Å². The van der Waals surface area contributed by atoms with Gasteiger partial charge in [0.25, 0.3) is 11.8 Å². The number of aryl methyl sites for hydroxylation is 1. The van der Waals surface area contributed by atoms with Gasteiger partial charge in [-0.05, 0) is 73.6 Å². The van der Waals surface area contributed by atoms with Gasteiger partial charge in [-0.1, -0.05) is 62.2 Å². The molecule has 0 bridgehead atoms. The van der Waals surface area contributed by atoms with Crippen LogP contribution in [0.5, 0.6) is 0 Å². The number of hydrogen-bond donors (Lipinski definition) is 2. The van der Waals surface area contributed by atoms with Gasteiger partial charge in [-0.15, -0.1) is 0 Å². The first-order valence-electron chi connectivity index (χ1n) is 13.3. The van der Waals surface area contributed by atoms with E-state index in [0.29, 0.717) is 23.4 Å². The van der Waals surface area contributed by atoms with Crippen LogP contribution in [0, 0.1) is 0 Å². The van der Waals surface area contributed by atoms with Gasteiger partial charge in [-0.3, -0.25) is 9.59 Å². The molecule has 188 valence electrons. The van der Waals surface area contributed by atoms with Crippen molar-refractivity contribution in [1.29, 1.82) is 0 Å². The Kier molecular flexibility index (Phi) is 9.15. The quantitative estimate of drug-likeness (QED) is 0.317. The van der Waals surface area contributed by atoms with E-state index in [9.17, 15) is 9.59 Å². The number of anilines is 2. The van der Waals surface area contributed by atoms with Crippen LogP contribution in [0.1, 0.15) is 70.9 Å². The van der Waals surface area contributed by atoms with Crippen molar-refractivity contribution in [2.75, 3.05) is 29.9 Å². The summed E-state index contributed by atoms with van der Waals surface area (Å²) in [5, 5.41) is 6.06. The van der Waals surface area contributed by atoms with Crippen LogP contribution in [0.3, 0.4) is 0 Å². The molecule has 1 fully saturated rings. The maximum atomic E-state index is 13.2. The minimum absolute atomic E-state index is 0.111. The average Bonchev–Trinajstić information content (AvgIpc) is 3.45. The molecule has 3 aromatic rings. The van der Waals surface area contributed by atoms with Gasteiger partial charge in [0, 0.05) is 36.6 Å². The Morgan fingerprint density at radius 2 is 1.53 bits per heavy atom. The number of carbonyl (C=O) groups excluding carboxylic acids is 2. The normalized spacial score (nSPS) is 13.0. The molecule has 2 N–H and O–H groups in total. The summed E-state index contributed by atoms with van der Waals surface area (Å²) in [7, 11) is 0. The van der Waals surface area contributed by atoms with Gasteiger partial charge in [-0.2, -0.15) is 0 Å². The summed E-state index contributed by atoms with van der Waals surface area (Å²) in [6.45, 7) is 4.65. The molecule has 2 amide bonds. The Bertz CT molecular complexity index is 1140. The van der Waals surface area contributed by atoms with Crippen LogP contribution in [0.2, 0.25) is 0 Å². The Hall–Kier alpha value is -3.60. The molecule has 0 spiro atoms. The van der Waals surface area contributed by atoms with Crippen molar-refractivity contribution in [3.8, 4) is 0 Å². The lowest BCUT2D eigenvalue weighted by Crippen LogP contribution is -2.29. The number of nitrogens with one attached hydrogen (secondary N) is 2. The van der Waals surface area contributed by atoms with Crippen molar-refractivity contribution in [3.05, 3.63) is 95.1 Å². The molecule has 0 saturated carbocycles. The van der Waals surface area contributed by atoms with Gasteiger partial charge >= 0.3 is 0 Å². The Morgan fingerprint density at radius 3 is 2.25 bits per heavy atom. The fourth-order valence-electron chi connectivity index (χ4n) is 4.69. The minimum Gasteiger partial charge on any atom is -0.371 e. The summed E-state index contributed by atoms with van der Waals surface area (Å²) >= 11 is 0. The number of hydrogen-bond acceptors (Lipinski definition) is 3. The van der Waals surface area contributed by atoms with Crippen LogP contribution in [-0.4, -0.2) is 31.4 Å². The molecule has 1 heterocycles. The molecule has 1 saturated heterocycles. The van der Waals surface area contributed by atoms with Gasteiger partial charge in [0.15, 0.2) is 0 Å². The third kappa shape index (κ3) is 6.97. The fraction of sp³-hybridized carbons (Fsp3) is 0.355. The molecule has 5 heteroatoms. The predicted molar refractivity (Wildman–Crippen MR) is 148 cm³/mol. The SMILES string of the molecule is CCCCCc1ccc(C(=O)Nc2ccc(N3CCCC3)c(C(=O)NCCc3ccccc3)c2)cc1. The standard InChI is InChI=1S/C31H37N3O2/c1-2-3-5-10-25-13-15-26(16-14-25)30(35)33-27-17-18-29(34-21-8-9-22-34)28(23-27)31(36)32-20-19-24-11-6-4-7-12-24/h4,6-7,11-18,23H,2-3,5,8-10,19-22H2,1H3,(H,32,36)(H,33,35). The smallest absolute Gasteiger partial charge is 0.255 e. The zero-order valence-electron chi connectivity index (χ0n) is 21.3. The summed E-state index contributed by atoms with van der Waals surface area (Å²) < 4.78 is 0. The van der Waals surface area contributed by atoms with Crippen molar-refractivity contribution in [1.82, 2.24) is 5.32 Å². The summed E-state index contributed by atoms with van der Waals surface area (Å²) in [6, 6.07) is 23.6. The zero-order valence-corrected chi connectivity index (χ0v) is 21.3. The van der Waals surface area contributed by atoms with Crippen LogP contribution < -0.4 is 15.5 Å². The molecule has 5 nitrogen and oxygen atoms in total. The lowest BCUT2D eigenvalue weighted by molar-refractivity contribution is 0.0953. The van der Waals surface area contributed by atoms with E-state index in [1.165, 1.54) is 30.4 Å². The maximum absolute atomic E-state index is 13.2. The third-order valence-corrected chi connectivity index (χ3v) is 6.77. The molecule has 36 heavy (non-hydrogen) atoms. The van der Waals surface area contributed by atoms with Crippen LogP contribution in [0.15, 0.2) is 72.8 Å². The van der Waals surface area contributed by atoms with Gasteiger partial charge in [-0.25, -0.2) is 0 Å². The van der Waals surface area contributed by atoms with Gasteiger partial charge < -0.3 is 15.5 Å². The molecule has 0 unspecified atom stereocenters. The predicted octanol–water partition coefficient (Wildman–Crippen LogP) is 6.24. The highest BCUT2D eigenvalue weighted by Crippen LogP contribution is 2.28. The molecule has 0 aromatic heterocycles. The average molecular weight is 484 g/mol. The summed E-state index contributed by atoms with van der Waals surface area (Å²) in [4.78, 5) is 28.4. The highest BCUT2D eigenvalue weighted by molar-refractivity contribution is 6.06. The van der Waals surface area contributed by atoms with E-state index in [2.05, 4.69) is 34.6 Å². The van der Waals surface area contributed by atoms with Crippen LogP contribution in [0.4, 0.5) is 11.4 Å². The second-order valence-corrected chi connectivity index (χ2v) is 9.53. The molecule has 1 aliphatic heterocycles. The van der Waals surface area contributed by atoms with E-state index < -0.39 is 0 Å². The van der Waals surface area contributed by atoms with E-state index in [0.717, 1.165) is 44.5 Å². The Labute approximate surface area is 214 Å². The van der Waals surface area contributed by atoms with E-state index in [4.69, 9.17) is 0 Å². The van der Waals surface area contributed by atoms with Gasteiger partial charge in [0.2, 0.25) is 0 Å². The van der Waals surface area contributed by atoms with Crippen molar-refractivity contribution in [2.45, 2.75) is 51.9 Å². The Morgan fingerprint density at radius 1 is 0.806 bits per heavy atom. The van der Waals surface area contributed by atoms with E-state index in [-0.39, 0.29) is 11.8 Å². The first-order valence-corrected chi connectivity index (χ1v) is 13.3. The first-order chi connectivity index (χ1) is 17.6. The van der Waals surface area contributed by atoms with Crippen molar-refractivity contribution < 1.29 is 9.59 Å². The maximum Gasteiger partial charge on any atom is 0.255 e. The van der Waals surface area contributed by atoms with Crippen molar-refractivity contribution in [3.63, 3.8) is 0 Å². The highest BCUT2D eigenvalue weighted by atomic mass is 16.2. The number of rotatable bonds is 11. The second kappa shape index (κ2) is 12.9. The molecular formula is C31H37N3O2. The molecule has 0 radical (unpaired) electrons. The summed E-state index contributed by atoms with van der Waals surface area (Å²) in [5.74, 6) is -0.278. The number of amides is 2. The highest BCUT2D eigenvalue weighted by Gasteiger charge is 2.20. The largest absolute Gasteiger partial charge is 0.371 e. The third-order valence-electron chi connectivity index (χ3n) is 6.77. The fourth-order valence-corrected chi connectivity index (χ4v) is 4.69. The molecular weight excluding hydrogens is 446 g/mol. The number of unbranched alkanes of at least 4 members (excludes halogenated alkanes) is 2. The van der Waals surface area contributed by atoms with E-state index >= 15 is 0 Å². The van der Waals surface area contributed by atoms with Gasteiger partial charge in [0.05, 0.1) is 5.56 Å². The number of benzene rings is 3. The van der Waals surface area contributed by atoms with E-state index in [1.807, 2.05) is 60.7 Å². The lowest BCUT2D eigenvalue weighted by atomic mass is 10.0. The van der Waals surface area contributed by atoms with Gasteiger partial charge in [0.1, 0.15) is 0 Å². The van der Waals surface area contributed by atoms with E-state index in [1.54, 1.807) is 0 Å². The molecule has 0 aliphatic carbocycles. The second-order valence-electron chi connectivity index (χ2n) is 9.53. The minimum atomic E-state index is -0.167. The monoisotopic (exact) mass is 483 g/mol. The summed E-state index contributed by atoms with van der Waals surface area (Å²) in [5.41, 5.74) is 5.22. The zero-order chi connectivity index (χ0) is 25.2. The topological polar surface area (TPSA) is 61.4 Å². The van der Waals surface area contributed by atoms with Crippen LogP contribution in [0.25, 0.3) is 0 Å². The van der Waals surface area contributed by atoms with Crippen molar-refractivity contribution >= 4 is 23.2 Å². The van der Waals surface area contributed by atoms with Crippen LogP contribution in [-0.2, 0) is 12.8 Å².